The number of carbonyl (C=O) groups excluding carboxylic acids is 1. The Kier molecular flexibility index (Phi) is 5.88. The van der Waals surface area contributed by atoms with Gasteiger partial charge in [-0.25, -0.2) is 23.7 Å². The first-order valence-corrected chi connectivity index (χ1v) is 11.4. The molecule has 2 aliphatic rings. The second-order valence-electron chi connectivity index (χ2n) is 7.68. The van der Waals surface area contributed by atoms with E-state index in [4.69, 9.17) is 0 Å². The van der Waals surface area contributed by atoms with Crippen molar-refractivity contribution in [3.63, 3.8) is 0 Å². The van der Waals surface area contributed by atoms with Gasteiger partial charge in [0.1, 0.15) is 10.7 Å². The van der Waals surface area contributed by atoms with Gasteiger partial charge in [-0.15, -0.1) is 0 Å². The van der Waals surface area contributed by atoms with Gasteiger partial charge in [0.2, 0.25) is 10.0 Å². The van der Waals surface area contributed by atoms with Crippen molar-refractivity contribution < 1.29 is 17.6 Å². The molecule has 0 aromatic heterocycles. The average molecular weight is 433 g/mol. The predicted octanol–water partition coefficient (Wildman–Crippen LogP) is 2.25. The summed E-state index contributed by atoms with van der Waals surface area (Å²) in [6, 6.07) is 13.5. The summed E-state index contributed by atoms with van der Waals surface area (Å²) in [6.45, 7) is 0.747. The second-order valence-corrected chi connectivity index (χ2v) is 9.58. The molecular formula is C21H25FN4O3S. The third-order valence-corrected chi connectivity index (χ3v) is 7.65. The predicted molar refractivity (Wildman–Crippen MR) is 110 cm³/mol. The van der Waals surface area contributed by atoms with Crippen LogP contribution in [0, 0.1) is 5.82 Å². The minimum Gasteiger partial charge on any atom is -0.325 e. The molecule has 0 saturated carbocycles. The minimum absolute atomic E-state index is 0.0470. The molecule has 2 aromatic carbocycles. The van der Waals surface area contributed by atoms with Crippen LogP contribution in [-0.2, 0) is 10.0 Å². The number of nitrogens with one attached hydrogen (secondary N) is 2. The van der Waals surface area contributed by atoms with Gasteiger partial charge in [-0.2, -0.15) is 4.31 Å². The number of hydrogen-bond donors (Lipinski definition) is 2. The first-order chi connectivity index (χ1) is 14.4. The van der Waals surface area contributed by atoms with E-state index < -0.39 is 20.7 Å². The van der Waals surface area contributed by atoms with Gasteiger partial charge in [-0.1, -0.05) is 30.3 Å². The Hall–Kier alpha value is -2.33. The van der Waals surface area contributed by atoms with Crippen molar-refractivity contribution in [1.82, 2.24) is 20.1 Å². The lowest BCUT2D eigenvalue weighted by atomic mass is 10.0. The van der Waals surface area contributed by atoms with Crippen molar-refractivity contribution in [2.24, 2.45) is 0 Å². The lowest BCUT2D eigenvalue weighted by Crippen LogP contribution is -2.45. The Morgan fingerprint density at radius 1 is 1.10 bits per heavy atom. The molecule has 2 saturated heterocycles. The average Bonchev–Trinajstić information content (AvgIpc) is 3.46. The number of sulfonamides is 1. The molecule has 2 unspecified atom stereocenters. The summed E-state index contributed by atoms with van der Waals surface area (Å²) >= 11 is 0. The van der Waals surface area contributed by atoms with Crippen molar-refractivity contribution in [2.75, 3.05) is 20.1 Å². The highest BCUT2D eigenvalue weighted by molar-refractivity contribution is 7.89. The van der Waals surface area contributed by atoms with Crippen LogP contribution < -0.4 is 10.9 Å². The molecule has 1 amide bonds. The number of halogens is 1. The maximum Gasteiger partial charge on any atom is 0.254 e. The molecule has 2 atom stereocenters. The monoisotopic (exact) mass is 432 g/mol. The number of hydrogen-bond acceptors (Lipinski definition) is 5. The fourth-order valence-electron chi connectivity index (χ4n) is 3.94. The van der Waals surface area contributed by atoms with Gasteiger partial charge in [-0.3, -0.25) is 4.79 Å². The van der Waals surface area contributed by atoms with Gasteiger partial charge < -0.3 is 4.90 Å². The van der Waals surface area contributed by atoms with E-state index in [9.17, 15) is 17.6 Å². The Labute approximate surface area is 175 Å². The van der Waals surface area contributed by atoms with E-state index >= 15 is 0 Å². The summed E-state index contributed by atoms with van der Waals surface area (Å²) in [6.07, 6.45) is 1.87. The number of carbonyl (C=O) groups is 1. The molecular weight excluding hydrogens is 407 g/mol. The van der Waals surface area contributed by atoms with Gasteiger partial charge in [-0.05, 0) is 36.6 Å². The molecule has 160 valence electrons. The van der Waals surface area contributed by atoms with E-state index in [1.807, 2.05) is 30.3 Å². The molecule has 2 aliphatic heterocycles. The molecule has 0 bridgehead atoms. The summed E-state index contributed by atoms with van der Waals surface area (Å²) < 4.78 is 41.2. The molecule has 0 aliphatic carbocycles. The van der Waals surface area contributed by atoms with E-state index in [2.05, 4.69) is 10.9 Å². The lowest BCUT2D eigenvalue weighted by Gasteiger charge is -2.24. The zero-order chi connectivity index (χ0) is 21.3. The molecule has 0 radical (unpaired) electrons. The van der Waals surface area contributed by atoms with Gasteiger partial charge in [0.15, 0.2) is 0 Å². The Balaban J connectivity index is 1.52. The van der Waals surface area contributed by atoms with Crippen molar-refractivity contribution >= 4 is 15.9 Å². The molecule has 2 heterocycles. The van der Waals surface area contributed by atoms with Crippen molar-refractivity contribution in [1.29, 1.82) is 0 Å². The zero-order valence-electron chi connectivity index (χ0n) is 16.7. The second kappa shape index (κ2) is 8.43. The number of rotatable bonds is 5. The first-order valence-electron chi connectivity index (χ1n) is 10.0. The minimum atomic E-state index is -3.96. The zero-order valence-corrected chi connectivity index (χ0v) is 17.5. The quantitative estimate of drug-likeness (QED) is 0.758. The van der Waals surface area contributed by atoms with Crippen LogP contribution in [0.25, 0.3) is 0 Å². The normalized spacial score (nSPS) is 22.3. The Bertz CT molecular complexity index is 1030. The standard InChI is InChI=1S/C21H25FN4O3S/c1-25(20-14-18(23-24-20)15-7-3-2-4-8-15)21(27)16-9-10-17(22)19(13-16)30(28,29)26-11-5-6-12-26/h2-4,7-10,13,18,20,23-24H,5-6,11-12,14H2,1H3. The largest absolute Gasteiger partial charge is 0.325 e. The van der Waals surface area contributed by atoms with Crippen molar-refractivity contribution in [3.8, 4) is 0 Å². The summed E-state index contributed by atoms with van der Waals surface area (Å²) in [4.78, 5) is 14.1. The van der Waals surface area contributed by atoms with E-state index in [1.54, 1.807) is 7.05 Å². The topological polar surface area (TPSA) is 81.8 Å². The smallest absolute Gasteiger partial charge is 0.254 e. The summed E-state index contributed by atoms with van der Waals surface area (Å²) in [5.41, 5.74) is 7.54. The fraction of sp³-hybridized carbons (Fsp3) is 0.381. The Morgan fingerprint density at radius 3 is 2.50 bits per heavy atom. The molecule has 0 spiro atoms. The van der Waals surface area contributed by atoms with Gasteiger partial charge in [0.05, 0.1) is 6.17 Å². The number of benzene rings is 2. The molecule has 4 rings (SSSR count). The van der Waals surface area contributed by atoms with Crippen LogP contribution in [0.15, 0.2) is 53.4 Å². The lowest BCUT2D eigenvalue weighted by molar-refractivity contribution is 0.0712. The van der Waals surface area contributed by atoms with Crippen LogP contribution in [0.3, 0.4) is 0 Å². The molecule has 7 nitrogen and oxygen atoms in total. The molecule has 30 heavy (non-hydrogen) atoms. The fourth-order valence-corrected chi connectivity index (χ4v) is 5.55. The van der Waals surface area contributed by atoms with Crippen LogP contribution in [0.5, 0.6) is 0 Å². The SMILES string of the molecule is CN(C(=O)c1ccc(F)c(S(=O)(=O)N2CCCC2)c1)C1CC(c2ccccc2)NN1. The van der Waals surface area contributed by atoms with Crippen LogP contribution >= 0.6 is 0 Å². The van der Waals surface area contributed by atoms with Crippen molar-refractivity contribution in [3.05, 3.63) is 65.5 Å². The van der Waals surface area contributed by atoms with E-state index in [-0.39, 0.29) is 23.7 Å². The molecule has 9 heteroatoms. The number of nitrogens with zero attached hydrogens (tertiary/aromatic N) is 2. The van der Waals surface area contributed by atoms with E-state index in [0.29, 0.717) is 19.5 Å². The van der Waals surface area contributed by atoms with Crippen LogP contribution in [0.2, 0.25) is 0 Å². The number of amides is 1. The van der Waals surface area contributed by atoms with Crippen LogP contribution in [0.1, 0.15) is 41.2 Å². The van der Waals surface area contributed by atoms with Gasteiger partial charge in [0.25, 0.3) is 5.91 Å². The van der Waals surface area contributed by atoms with E-state index in [1.165, 1.54) is 15.3 Å². The molecule has 2 N–H and O–H groups in total. The third-order valence-electron chi connectivity index (χ3n) is 5.73. The van der Waals surface area contributed by atoms with Crippen molar-refractivity contribution in [2.45, 2.75) is 36.4 Å². The molecule has 2 fully saturated rings. The number of hydrazine groups is 1. The van der Waals surface area contributed by atoms with Crippen LogP contribution in [0.4, 0.5) is 4.39 Å². The highest BCUT2D eigenvalue weighted by Crippen LogP contribution is 2.26. The van der Waals surface area contributed by atoms with Gasteiger partial charge in [0, 0.05) is 38.2 Å². The summed E-state index contributed by atoms with van der Waals surface area (Å²) in [5, 5.41) is 0. The Morgan fingerprint density at radius 2 is 1.80 bits per heavy atom. The highest BCUT2D eigenvalue weighted by Gasteiger charge is 2.33. The van der Waals surface area contributed by atoms with E-state index in [0.717, 1.165) is 30.5 Å². The van der Waals surface area contributed by atoms with Gasteiger partial charge >= 0.3 is 0 Å². The first kappa shape index (κ1) is 20.9. The summed E-state index contributed by atoms with van der Waals surface area (Å²) in [7, 11) is -2.31. The highest BCUT2D eigenvalue weighted by atomic mass is 32.2. The maximum absolute atomic E-state index is 14.4. The third kappa shape index (κ3) is 3.98. The summed E-state index contributed by atoms with van der Waals surface area (Å²) in [5.74, 6) is -1.22. The maximum atomic E-state index is 14.4. The molecule has 2 aromatic rings. The van der Waals surface area contributed by atoms with Crippen LogP contribution in [-0.4, -0.2) is 49.8 Å².